The van der Waals surface area contributed by atoms with Crippen LogP contribution in [0, 0.1) is 5.92 Å². The number of carboxylic acids is 1. The molecule has 26 heavy (non-hydrogen) atoms. The van der Waals surface area contributed by atoms with E-state index in [-0.39, 0.29) is 24.0 Å². The smallest absolute Gasteiger partial charge is 0.317 e. The van der Waals surface area contributed by atoms with Gasteiger partial charge in [0.1, 0.15) is 5.75 Å². The number of hydrogen-bond donors (Lipinski definition) is 2. The summed E-state index contributed by atoms with van der Waals surface area (Å²) in [5, 5.41) is 12.2. The van der Waals surface area contributed by atoms with Crippen LogP contribution in [0.1, 0.15) is 55.7 Å². The largest absolute Gasteiger partial charge is 0.497 e. The Morgan fingerprint density at radius 3 is 2.58 bits per heavy atom. The molecule has 2 aliphatic carbocycles. The number of carbonyl (C=O) groups is 2. The van der Waals surface area contributed by atoms with E-state index < -0.39 is 5.97 Å². The van der Waals surface area contributed by atoms with Gasteiger partial charge in [0.15, 0.2) is 0 Å². The first-order chi connectivity index (χ1) is 12.5. The van der Waals surface area contributed by atoms with Crippen molar-refractivity contribution < 1.29 is 19.4 Å². The molecule has 6 nitrogen and oxygen atoms in total. The van der Waals surface area contributed by atoms with Gasteiger partial charge in [0.2, 0.25) is 0 Å². The molecule has 2 aliphatic rings. The Morgan fingerprint density at radius 1 is 1.19 bits per heavy atom. The fraction of sp³-hybridized carbons (Fsp3) is 0.600. The summed E-state index contributed by atoms with van der Waals surface area (Å²) in [6.45, 7) is 0. The van der Waals surface area contributed by atoms with Gasteiger partial charge in [-0.15, -0.1) is 0 Å². The number of urea groups is 1. The van der Waals surface area contributed by atoms with Crippen LogP contribution in [0.5, 0.6) is 5.75 Å². The SMILES string of the molecule is COc1ccc2c(c1)CCCC2N(C)C(=O)NC1CCC(C(=O)O)CC1. The summed E-state index contributed by atoms with van der Waals surface area (Å²) in [5.74, 6) is -0.131. The van der Waals surface area contributed by atoms with E-state index >= 15 is 0 Å². The van der Waals surface area contributed by atoms with Gasteiger partial charge < -0.3 is 20.1 Å². The van der Waals surface area contributed by atoms with Crippen molar-refractivity contribution in [2.24, 2.45) is 5.92 Å². The van der Waals surface area contributed by atoms with E-state index in [0.29, 0.717) is 12.8 Å². The summed E-state index contributed by atoms with van der Waals surface area (Å²) in [6, 6.07) is 6.16. The average Bonchev–Trinajstić information content (AvgIpc) is 2.66. The molecule has 2 N–H and O–H groups in total. The molecule has 0 aliphatic heterocycles. The first-order valence-corrected chi connectivity index (χ1v) is 9.42. The molecule has 1 saturated carbocycles. The number of methoxy groups -OCH3 is 1. The number of nitrogens with zero attached hydrogens (tertiary/aromatic N) is 1. The lowest BCUT2D eigenvalue weighted by molar-refractivity contribution is -0.142. The van der Waals surface area contributed by atoms with Gasteiger partial charge >= 0.3 is 12.0 Å². The van der Waals surface area contributed by atoms with Gasteiger partial charge in [-0.05, 0) is 68.2 Å². The Labute approximate surface area is 154 Å². The summed E-state index contributed by atoms with van der Waals surface area (Å²) < 4.78 is 5.31. The molecule has 0 heterocycles. The minimum Gasteiger partial charge on any atom is -0.497 e. The second-order valence-electron chi connectivity index (χ2n) is 7.42. The van der Waals surface area contributed by atoms with Crippen LogP contribution in [0.3, 0.4) is 0 Å². The van der Waals surface area contributed by atoms with Crippen LogP contribution < -0.4 is 10.1 Å². The van der Waals surface area contributed by atoms with E-state index in [4.69, 9.17) is 9.84 Å². The second-order valence-corrected chi connectivity index (χ2v) is 7.42. The monoisotopic (exact) mass is 360 g/mol. The van der Waals surface area contributed by atoms with Crippen molar-refractivity contribution in [2.45, 2.75) is 57.0 Å². The predicted molar refractivity (Wildman–Crippen MR) is 98.3 cm³/mol. The quantitative estimate of drug-likeness (QED) is 0.863. The van der Waals surface area contributed by atoms with Gasteiger partial charge in [-0.25, -0.2) is 4.79 Å². The highest BCUT2D eigenvalue weighted by atomic mass is 16.5. The van der Waals surface area contributed by atoms with E-state index in [2.05, 4.69) is 17.4 Å². The number of ether oxygens (including phenoxy) is 1. The van der Waals surface area contributed by atoms with Gasteiger partial charge in [0.05, 0.1) is 19.1 Å². The molecule has 1 unspecified atom stereocenters. The zero-order valence-electron chi connectivity index (χ0n) is 15.5. The highest BCUT2D eigenvalue weighted by Crippen LogP contribution is 2.35. The third-order valence-electron chi connectivity index (χ3n) is 5.82. The molecule has 3 rings (SSSR count). The van der Waals surface area contributed by atoms with Gasteiger partial charge in [-0.3, -0.25) is 4.79 Å². The molecule has 0 aromatic heterocycles. The Balaban J connectivity index is 1.62. The number of aryl methyl sites for hydroxylation is 1. The first-order valence-electron chi connectivity index (χ1n) is 9.42. The molecular formula is C20H28N2O4. The summed E-state index contributed by atoms with van der Waals surface area (Å²) in [5.41, 5.74) is 2.45. The third-order valence-corrected chi connectivity index (χ3v) is 5.82. The average molecular weight is 360 g/mol. The lowest BCUT2D eigenvalue weighted by atomic mass is 9.86. The Hall–Kier alpha value is -2.24. The summed E-state index contributed by atoms with van der Waals surface area (Å²) in [7, 11) is 3.52. The van der Waals surface area contributed by atoms with Crippen molar-refractivity contribution in [3.63, 3.8) is 0 Å². The fourth-order valence-electron chi connectivity index (χ4n) is 4.20. The molecule has 0 spiro atoms. The number of carboxylic acid groups (broad SMARTS) is 1. The van der Waals surface area contributed by atoms with Gasteiger partial charge in [0.25, 0.3) is 0 Å². The Morgan fingerprint density at radius 2 is 1.92 bits per heavy atom. The van der Waals surface area contributed by atoms with Gasteiger partial charge in [-0.2, -0.15) is 0 Å². The summed E-state index contributed by atoms with van der Waals surface area (Å²) >= 11 is 0. The van der Waals surface area contributed by atoms with Crippen molar-refractivity contribution in [3.8, 4) is 5.75 Å². The molecule has 2 amide bonds. The molecule has 1 fully saturated rings. The van der Waals surface area contributed by atoms with Crippen molar-refractivity contribution in [1.82, 2.24) is 10.2 Å². The molecule has 1 atom stereocenters. The van der Waals surface area contributed by atoms with E-state index in [1.54, 1.807) is 12.0 Å². The maximum atomic E-state index is 12.7. The number of nitrogens with one attached hydrogen (secondary N) is 1. The van der Waals surface area contributed by atoms with Gasteiger partial charge in [-0.1, -0.05) is 6.07 Å². The van der Waals surface area contributed by atoms with E-state index in [9.17, 15) is 9.59 Å². The minimum atomic E-state index is -0.721. The highest BCUT2D eigenvalue weighted by Gasteiger charge is 2.30. The van der Waals surface area contributed by atoms with Crippen LogP contribution in [-0.2, 0) is 11.2 Å². The summed E-state index contributed by atoms with van der Waals surface area (Å²) in [4.78, 5) is 25.6. The number of rotatable bonds is 4. The molecule has 0 radical (unpaired) electrons. The third kappa shape index (κ3) is 3.94. The molecule has 6 heteroatoms. The summed E-state index contributed by atoms with van der Waals surface area (Å²) in [6.07, 6.45) is 5.75. The molecule has 0 bridgehead atoms. The van der Waals surface area contributed by atoms with E-state index in [0.717, 1.165) is 37.9 Å². The predicted octanol–water partition coefficient (Wildman–Crippen LogP) is 3.36. The van der Waals surface area contributed by atoms with Crippen LogP contribution in [0.2, 0.25) is 0 Å². The standard InChI is InChI=1S/C20H28N2O4/c1-22(20(25)21-15-8-6-13(7-9-15)19(23)24)18-5-3-4-14-12-16(26-2)10-11-17(14)18/h10-13,15,18H,3-9H2,1-2H3,(H,21,25)(H,23,24). The van der Waals surface area contributed by atoms with E-state index in [1.807, 2.05) is 13.1 Å². The molecule has 1 aromatic rings. The Kier molecular flexibility index (Phi) is 5.69. The zero-order valence-corrected chi connectivity index (χ0v) is 15.5. The zero-order chi connectivity index (χ0) is 18.7. The maximum Gasteiger partial charge on any atom is 0.317 e. The topological polar surface area (TPSA) is 78.9 Å². The van der Waals surface area contributed by atoms with Crippen LogP contribution in [0.4, 0.5) is 4.79 Å². The number of hydrogen-bond acceptors (Lipinski definition) is 3. The maximum absolute atomic E-state index is 12.7. The minimum absolute atomic E-state index is 0.0690. The van der Waals surface area contributed by atoms with Crippen LogP contribution in [-0.4, -0.2) is 42.2 Å². The van der Waals surface area contributed by atoms with Crippen molar-refractivity contribution in [2.75, 3.05) is 14.2 Å². The van der Waals surface area contributed by atoms with Crippen LogP contribution >= 0.6 is 0 Å². The van der Waals surface area contributed by atoms with Crippen molar-refractivity contribution in [3.05, 3.63) is 29.3 Å². The fourth-order valence-corrected chi connectivity index (χ4v) is 4.20. The first kappa shape index (κ1) is 18.5. The lowest BCUT2D eigenvalue weighted by Gasteiger charge is -2.35. The molecule has 0 saturated heterocycles. The number of carbonyl (C=O) groups excluding carboxylic acids is 1. The Bertz CT molecular complexity index is 668. The van der Waals surface area contributed by atoms with E-state index in [1.165, 1.54) is 11.1 Å². The second kappa shape index (κ2) is 7.98. The normalized spacial score (nSPS) is 25.1. The van der Waals surface area contributed by atoms with Crippen LogP contribution in [0.25, 0.3) is 0 Å². The number of fused-ring (bicyclic) bond motifs is 1. The lowest BCUT2D eigenvalue weighted by Crippen LogP contribution is -2.46. The molecule has 1 aromatic carbocycles. The van der Waals surface area contributed by atoms with Crippen molar-refractivity contribution in [1.29, 1.82) is 0 Å². The van der Waals surface area contributed by atoms with Crippen LogP contribution in [0.15, 0.2) is 18.2 Å². The van der Waals surface area contributed by atoms with Crippen molar-refractivity contribution >= 4 is 12.0 Å². The van der Waals surface area contributed by atoms with Gasteiger partial charge in [0, 0.05) is 13.1 Å². The number of amides is 2. The number of benzene rings is 1. The molecular weight excluding hydrogens is 332 g/mol. The molecule has 142 valence electrons. The highest BCUT2D eigenvalue weighted by molar-refractivity contribution is 5.75. The number of aliphatic carboxylic acids is 1.